The third-order valence-corrected chi connectivity index (χ3v) is 3.07. The fraction of sp³-hybridized carbons (Fsp3) is 0.0833. The highest BCUT2D eigenvalue weighted by Crippen LogP contribution is 2.35. The predicted octanol–water partition coefficient (Wildman–Crippen LogP) is 3.07. The lowest BCUT2D eigenvalue weighted by Gasteiger charge is -2.01. The van der Waals surface area contributed by atoms with Crippen LogP contribution in [0.2, 0.25) is 5.02 Å². The van der Waals surface area contributed by atoms with E-state index in [0.717, 1.165) is 22.2 Å². The molecule has 3 aromatic rings. The van der Waals surface area contributed by atoms with E-state index in [1.54, 1.807) is 30.1 Å². The van der Waals surface area contributed by atoms with Crippen LogP contribution in [0.1, 0.15) is 0 Å². The first-order valence-corrected chi connectivity index (χ1v) is 5.50. The number of nitrogens with two attached hydrogens (primary N) is 1. The molecule has 0 fully saturated rings. The van der Waals surface area contributed by atoms with Crippen LogP contribution in [-0.4, -0.2) is 9.78 Å². The third kappa shape index (κ3) is 1.49. The van der Waals surface area contributed by atoms with Crippen molar-refractivity contribution in [1.82, 2.24) is 9.78 Å². The molecule has 5 heteroatoms. The van der Waals surface area contributed by atoms with Gasteiger partial charge in [0, 0.05) is 24.1 Å². The highest BCUT2D eigenvalue weighted by Gasteiger charge is 2.14. The summed E-state index contributed by atoms with van der Waals surface area (Å²) in [6, 6.07) is 7.32. The van der Waals surface area contributed by atoms with Gasteiger partial charge in [0.25, 0.3) is 0 Å². The molecule has 3 rings (SSSR count). The summed E-state index contributed by atoms with van der Waals surface area (Å²) in [5.41, 5.74) is 8.17. The summed E-state index contributed by atoms with van der Waals surface area (Å²) in [7, 11) is 1.79. The molecule has 2 N–H and O–H groups in total. The van der Waals surface area contributed by atoms with E-state index in [2.05, 4.69) is 5.10 Å². The second kappa shape index (κ2) is 3.53. The van der Waals surface area contributed by atoms with Gasteiger partial charge in [-0.2, -0.15) is 5.10 Å². The fourth-order valence-corrected chi connectivity index (χ4v) is 2.14. The lowest BCUT2D eigenvalue weighted by molar-refractivity contribution is 0.616. The normalized spacial score (nSPS) is 11.2. The summed E-state index contributed by atoms with van der Waals surface area (Å²) in [6.07, 6.45) is 1.64. The van der Waals surface area contributed by atoms with E-state index in [9.17, 15) is 0 Å². The average molecular weight is 248 g/mol. The number of furan rings is 1. The number of halogens is 1. The van der Waals surface area contributed by atoms with Gasteiger partial charge < -0.3 is 10.2 Å². The molecule has 0 spiro atoms. The first-order valence-electron chi connectivity index (χ1n) is 5.12. The maximum absolute atomic E-state index is 6.22. The molecule has 1 aromatic carbocycles. The summed E-state index contributed by atoms with van der Waals surface area (Å²) in [5.74, 6) is 0.594. The molecular weight excluding hydrogens is 238 g/mol. The number of nitrogens with zero attached hydrogens (tertiary/aromatic N) is 2. The van der Waals surface area contributed by atoms with Crippen LogP contribution < -0.4 is 5.73 Å². The number of aryl methyl sites for hydroxylation is 1. The van der Waals surface area contributed by atoms with E-state index in [1.807, 2.05) is 12.1 Å². The van der Waals surface area contributed by atoms with Crippen LogP contribution in [0.3, 0.4) is 0 Å². The first-order chi connectivity index (χ1) is 8.16. The van der Waals surface area contributed by atoms with E-state index < -0.39 is 0 Å². The van der Waals surface area contributed by atoms with Crippen LogP contribution in [0.15, 0.2) is 34.9 Å². The Morgan fingerprint density at radius 1 is 1.35 bits per heavy atom. The van der Waals surface area contributed by atoms with Crippen LogP contribution in [0, 0.1) is 0 Å². The van der Waals surface area contributed by atoms with Crippen molar-refractivity contribution in [2.75, 3.05) is 5.73 Å². The third-order valence-electron chi connectivity index (χ3n) is 2.76. The quantitative estimate of drug-likeness (QED) is 0.719. The van der Waals surface area contributed by atoms with Crippen molar-refractivity contribution in [3.8, 4) is 11.3 Å². The van der Waals surface area contributed by atoms with Crippen molar-refractivity contribution in [3.05, 3.63) is 35.6 Å². The van der Waals surface area contributed by atoms with Crippen LogP contribution in [-0.2, 0) is 7.05 Å². The summed E-state index contributed by atoms with van der Waals surface area (Å²) in [4.78, 5) is 0. The van der Waals surface area contributed by atoms with E-state index in [-0.39, 0.29) is 0 Å². The average Bonchev–Trinajstić information content (AvgIpc) is 2.86. The lowest BCUT2D eigenvalue weighted by atomic mass is 10.1. The largest absolute Gasteiger partial charge is 0.464 e. The standard InChI is InChI=1S/C12H10ClN3O/c1-16-11(14)6-9(15-16)12-7-4-5-17-10(7)3-2-8(12)13/h2-6H,14H2,1H3. The molecule has 0 saturated heterocycles. The Bertz CT molecular complexity index is 679. The summed E-state index contributed by atoms with van der Waals surface area (Å²) in [6.45, 7) is 0. The van der Waals surface area contributed by atoms with Crippen LogP contribution in [0.5, 0.6) is 0 Å². The number of hydrogen-bond donors (Lipinski definition) is 1. The number of fused-ring (bicyclic) bond motifs is 1. The van der Waals surface area contributed by atoms with Crippen molar-refractivity contribution < 1.29 is 4.42 Å². The molecule has 0 atom stereocenters. The summed E-state index contributed by atoms with van der Waals surface area (Å²) in [5, 5.41) is 5.91. The van der Waals surface area contributed by atoms with E-state index in [4.69, 9.17) is 21.8 Å². The van der Waals surface area contributed by atoms with Gasteiger partial charge in [-0.25, -0.2) is 0 Å². The Labute approximate surface area is 103 Å². The molecule has 0 saturated carbocycles. The van der Waals surface area contributed by atoms with Gasteiger partial charge in [0.2, 0.25) is 0 Å². The Morgan fingerprint density at radius 3 is 2.88 bits per heavy atom. The zero-order chi connectivity index (χ0) is 12.0. The summed E-state index contributed by atoms with van der Waals surface area (Å²) < 4.78 is 6.96. The zero-order valence-corrected chi connectivity index (χ0v) is 9.90. The zero-order valence-electron chi connectivity index (χ0n) is 9.14. The van der Waals surface area contributed by atoms with Gasteiger partial charge in [-0.3, -0.25) is 4.68 Å². The minimum absolute atomic E-state index is 0.594. The number of nitrogen functional groups attached to an aromatic ring is 1. The first kappa shape index (κ1) is 10.2. The van der Waals surface area contributed by atoms with Gasteiger partial charge in [-0.1, -0.05) is 11.6 Å². The molecule has 0 amide bonds. The highest BCUT2D eigenvalue weighted by atomic mass is 35.5. The van der Waals surface area contributed by atoms with Crippen molar-refractivity contribution in [2.45, 2.75) is 0 Å². The van der Waals surface area contributed by atoms with Crippen LogP contribution >= 0.6 is 11.6 Å². The van der Waals surface area contributed by atoms with E-state index in [1.165, 1.54) is 0 Å². The molecule has 2 aromatic heterocycles. The fourth-order valence-electron chi connectivity index (χ4n) is 1.88. The number of rotatable bonds is 1. The molecule has 0 bridgehead atoms. The number of anilines is 1. The highest BCUT2D eigenvalue weighted by molar-refractivity contribution is 6.34. The van der Waals surface area contributed by atoms with Crippen molar-refractivity contribution in [1.29, 1.82) is 0 Å². The number of benzene rings is 1. The molecule has 0 aliphatic heterocycles. The molecule has 0 aliphatic carbocycles. The van der Waals surface area contributed by atoms with Gasteiger partial charge in [0.05, 0.1) is 17.0 Å². The second-order valence-electron chi connectivity index (χ2n) is 3.83. The molecular formula is C12H10ClN3O. The molecule has 4 nitrogen and oxygen atoms in total. The van der Waals surface area contributed by atoms with Crippen molar-refractivity contribution >= 4 is 28.4 Å². The molecule has 17 heavy (non-hydrogen) atoms. The maximum atomic E-state index is 6.22. The Morgan fingerprint density at radius 2 is 2.18 bits per heavy atom. The molecule has 2 heterocycles. The van der Waals surface area contributed by atoms with Crippen molar-refractivity contribution in [3.63, 3.8) is 0 Å². The van der Waals surface area contributed by atoms with E-state index in [0.29, 0.717) is 10.8 Å². The Kier molecular flexibility index (Phi) is 2.12. The van der Waals surface area contributed by atoms with Crippen LogP contribution in [0.25, 0.3) is 22.2 Å². The smallest absolute Gasteiger partial charge is 0.134 e. The van der Waals surface area contributed by atoms with E-state index >= 15 is 0 Å². The van der Waals surface area contributed by atoms with Gasteiger partial charge in [-0.05, 0) is 18.2 Å². The number of hydrogen-bond acceptors (Lipinski definition) is 3. The number of aromatic nitrogens is 2. The minimum Gasteiger partial charge on any atom is -0.464 e. The Hall–Kier alpha value is -1.94. The molecule has 0 aliphatic rings. The van der Waals surface area contributed by atoms with Gasteiger partial charge >= 0.3 is 0 Å². The topological polar surface area (TPSA) is 57.0 Å². The second-order valence-corrected chi connectivity index (χ2v) is 4.24. The van der Waals surface area contributed by atoms with Crippen LogP contribution in [0.4, 0.5) is 5.82 Å². The molecule has 86 valence electrons. The predicted molar refractivity (Wildman–Crippen MR) is 67.8 cm³/mol. The monoisotopic (exact) mass is 247 g/mol. The lowest BCUT2D eigenvalue weighted by Crippen LogP contribution is -1.96. The summed E-state index contributed by atoms with van der Waals surface area (Å²) >= 11 is 6.22. The van der Waals surface area contributed by atoms with Gasteiger partial charge in [-0.15, -0.1) is 0 Å². The van der Waals surface area contributed by atoms with Gasteiger partial charge in [0.15, 0.2) is 0 Å². The van der Waals surface area contributed by atoms with Gasteiger partial charge in [0.1, 0.15) is 11.4 Å². The molecule has 0 radical (unpaired) electrons. The Balaban J connectivity index is 2.35. The minimum atomic E-state index is 0.594. The maximum Gasteiger partial charge on any atom is 0.134 e. The molecule has 0 unspecified atom stereocenters. The van der Waals surface area contributed by atoms with Crippen molar-refractivity contribution in [2.24, 2.45) is 7.05 Å². The SMILES string of the molecule is Cn1nc(-c2c(Cl)ccc3occc23)cc1N.